The summed E-state index contributed by atoms with van der Waals surface area (Å²) >= 11 is 6.41. The van der Waals surface area contributed by atoms with Crippen LogP contribution in [0.1, 0.15) is 21.8 Å². The van der Waals surface area contributed by atoms with Crippen LogP contribution in [-0.2, 0) is 21.3 Å². The number of esters is 1. The molecular formula is C25H21ClN2O5S. The Morgan fingerprint density at radius 3 is 2.35 bits per heavy atom. The number of rotatable bonds is 7. The van der Waals surface area contributed by atoms with E-state index in [1.807, 2.05) is 30.3 Å². The number of sulfonamides is 1. The molecule has 4 aromatic rings. The Hall–Kier alpha value is -3.62. The zero-order valence-electron chi connectivity index (χ0n) is 18.4. The number of ether oxygens (including phenoxy) is 1. The fourth-order valence-corrected chi connectivity index (χ4v) is 5.37. The molecule has 174 valence electrons. The Balaban J connectivity index is 1.84. The molecule has 3 aromatic carbocycles. The van der Waals surface area contributed by atoms with Gasteiger partial charge in [0.15, 0.2) is 0 Å². The van der Waals surface area contributed by atoms with E-state index < -0.39 is 16.0 Å². The van der Waals surface area contributed by atoms with Crippen LogP contribution in [0, 0.1) is 6.92 Å². The number of oxazole rings is 1. The van der Waals surface area contributed by atoms with Gasteiger partial charge in [0.2, 0.25) is 5.89 Å². The summed E-state index contributed by atoms with van der Waals surface area (Å²) in [5, 5.41) is 0.228. The van der Waals surface area contributed by atoms with E-state index in [1.54, 1.807) is 43.3 Å². The number of benzene rings is 3. The minimum Gasteiger partial charge on any atom is -0.465 e. The van der Waals surface area contributed by atoms with Gasteiger partial charge in [-0.3, -0.25) is 4.31 Å². The molecular weight excluding hydrogens is 476 g/mol. The van der Waals surface area contributed by atoms with Gasteiger partial charge in [-0.05, 0) is 43.3 Å². The summed E-state index contributed by atoms with van der Waals surface area (Å²) in [6.45, 7) is 1.55. The Labute approximate surface area is 202 Å². The van der Waals surface area contributed by atoms with Gasteiger partial charge in [-0.25, -0.2) is 18.2 Å². The summed E-state index contributed by atoms with van der Waals surface area (Å²) in [5.74, 6) is 0.0780. The van der Waals surface area contributed by atoms with Gasteiger partial charge in [0.1, 0.15) is 16.3 Å². The van der Waals surface area contributed by atoms with Gasteiger partial charge < -0.3 is 9.15 Å². The Morgan fingerprint density at radius 1 is 1.00 bits per heavy atom. The van der Waals surface area contributed by atoms with Crippen molar-refractivity contribution in [1.82, 2.24) is 4.98 Å². The van der Waals surface area contributed by atoms with Gasteiger partial charge in [0.05, 0.1) is 29.9 Å². The van der Waals surface area contributed by atoms with Crippen LogP contribution in [0.3, 0.4) is 0 Å². The monoisotopic (exact) mass is 496 g/mol. The standard InChI is InChI=1S/C25H21ClN2O5S/c1-17-21(27-24(33-17)18-10-4-3-5-11-18)16-28(22-14-8-7-13-20(22)26)34(30,31)23-15-9-6-12-19(23)25(29)32-2/h3-15H,16H2,1-2H3. The number of halogens is 1. The van der Waals surface area contributed by atoms with E-state index in [9.17, 15) is 13.2 Å². The van der Waals surface area contributed by atoms with Crippen molar-refractivity contribution >= 4 is 33.3 Å². The maximum Gasteiger partial charge on any atom is 0.339 e. The molecule has 0 aliphatic heterocycles. The van der Waals surface area contributed by atoms with Crippen LogP contribution in [0.25, 0.3) is 11.5 Å². The van der Waals surface area contributed by atoms with Crippen molar-refractivity contribution in [2.75, 3.05) is 11.4 Å². The third-order valence-corrected chi connectivity index (χ3v) is 7.33. The molecule has 0 saturated heterocycles. The van der Waals surface area contributed by atoms with Crippen LogP contribution in [-0.4, -0.2) is 26.5 Å². The Bertz CT molecular complexity index is 1430. The summed E-state index contributed by atoms with van der Waals surface area (Å²) in [5.41, 5.74) is 1.34. The molecule has 1 heterocycles. The number of hydrogen-bond acceptors (Lipinski definition) is 6. The highest BCUT2D eigenvalue weighted by atomic mass is 35.5. The predicted molar refractivity (Wildman–Crippen MR) is 129 cm³/mol. The summed E-state index contributed by atoms with van der Waals surface area (Å²) in [4.78, 5) is 16.7. The number of anilines is 1. The highest BCUT2D eigenvalue weighted by Gasteiger charge is 2.32. The number of para-hydroxylation sites is 1. The fourth-order valence-electron chi connectivity index (χ4n) is 3.46. The van der Waals surface area contributed by atoms with Crippen molar-refractivity contribution in [1.29, 1.82) is 0 Å². The number of methoxy groups -OCH3 is 1. The quantitative estimate of drug-likeness (QED) is 0.314. The molecule has 0 bridgehead atoms. The van der Waals surface area contributed by atoms with Crippen molar-refractivity contribution in [2.24, 2.45) is 0 Å². The van der Waals surface area contributed by atoms with Crippen molar-refractivity contribution < 1.29 is 22.4 Å². The maximum absolute atomic E-state index is 13.9. The summed E-state index contributed by atoms with van der Waals surface area (Å²) < 4.78 is 39.6. The van der Waals surface area contributed by atoms with Crippen molar-refractivity contribution in [3.63, 3.8) is 0 Å². The lowest BCUT2D eigenvalue weighted by Crippen LogP contribution is -2.32. The summed E-state index contributed by atoms with van der Waals surface area (Å²) in [6, 6.07) is 21.7. The first-order valence-corrected chi connectivity index (χ1v) is 12.1. The van der Waals surface area contributed by atoms with Crippen molar-refractivity contribution in [3.05, 3.63) is 101 Å². The molecule has 1 aromatic heterocycles. The summed E-state index contributed by atoms with van der Waals surface area (Å²) in [7, 11) is -3.07. The molecule has 0 atom stereocenters. The molecule has 0 radical (unpaired) electrons. The van der Waals surface area contributed by atoms with E-state index in [0.717, 1.165) is 9.87 Å². The second kappa shape index (κ2) is 9.70. The highest BCUT2D eigenvalue weighted by Crippen LogP contribution is 2.34. The van der Waals surface area contributed by atoms with E-state index >= 15 is 0 Å². The van der Waals surface area contributed by atoms with E-state index in [2.05, 4.69) is 4.98 Å². The van der Waals surface area contributed by atoms with E-state index in [-0.39, 0.29) is 27.7 Å². The summed E-state index contributed by atoms with van der Waals surface area (Å²) in [6.07, 6.45) is 0. The maximum atomic E-state index is 13.9. The van der Waals surface area contributed by atoms with E-state index in [0.29, 0.717) is 17.3 Å². The molecule has 7 nitrogen and oxygen atoms in total. The fraction of sp³-hybridized carbons (Fsp3) is 0.120. The molecule has 0 aliphatic carbocycles. The van der Waals surface area contributed by atoms with Crippen molar-refractivity contribution in [2.45, 2.75) is 18.4 Å². The van der Waals surface area contributed by atoms with Crippen LogP contribution in [0.4, 0.5) is 5.69 Å². The van der Waals surface area contributed by atoms with Gasteiger partial charge in [0, 0.05) is 5.56 Å². The molecule has 34 heavy (non-hydrogen) atoms. The lowest BCUT2D eigenvalue weighted by molar-refractivity contribution is 0.0596. The predicted octanol–water partition coefficient (Wildman–Crippen LogP) is 5.49. The third kappa shape index (κ3) is 4.55. The third-order valence-electron chi connectivity index (χ3n) is 5.19. The number of carbonyl (C=O) groups is 1. The molecule has 0 spiro atoms. The normalized spacial score (nSPS) is 11.3. The molecule has 0 aliphatic rings. The minimum atomic E-state index is -4.27. The van der Waals surface area contributed by atoms with Crippen molar-refractivity contribution in [3.8, 4) is 11.5 Å². The molecule has 0 N–H and O–H groups in total. The first kappa shape index (κ1) is 23.5. The average Bonchev–Trinajstić information content (AvgIpc) is 3.23. The Morgan fingerprint density at radius 2 is 1.65 bits per heavy atom. The second-order valence-electron chi connectivity index (χ2n) is 7.34. The SMILES string of the molecule is COC(=O)c1ccccc1S(=O)(=O)N(Cc1nc(-c2ccccc2)oc1C)c1ccccc1Cl. The zero-order chi connectivity index (χ0) is 24.3. The molecule has 4 rings (SSSR count). The number of aryl methyl sites for hydroxylation is 1. The van der Waals surface area contributed by atoms with Gasteiger partial charge in [-0.1, -0.05) is 54.1 Å². The van der Waals surface area contributed by atoms with Crippen LogP contribution < -0.4 is 4.31 Å². The topological polar surface area (TPSA) is 89.7 Å². The average molecular weight is 497 g/mol. The molecule has 9 heteroatoms. The van der Waals surface area contributed by atoms with Gasteiger partial charge >= 0.3 is 5.97 Å². The van der Waals surface area contributed by atoms with Crippen LogP contribution in [0.5, 0.6) is 0 Å². The van der Waals surface area contributed by atoms with Crippen LogP contribution in [0.15, 0.2) is 88.2 Å². The molecule has 0 fully saturated rings. The molecule has 0 saturated carbocycles. The lowest BCUT2D eigenvalue weighted by atomic mass is 10.2. The minimum absolute atomic E-state index is 0.0797. The highest BCUT2D eigenvalue weighted by molar-refractivity contribution is 7.92. The van der Waals surface area contributed by atoms with Gasteiger partial charge in [-0.2, -0.15) is 0 Å². The number of hydrogen-bond donors (Lipinski definition) is 0. The van der Waals surface area contributed by atoms with E-state index in [4.69, 9.17) is 20.8 Å². The zero-order valence-corrected chi connectivity index (χ0v) is 20.0. The Kier molecular flexibility index (Phi) is 6.72. The van der Waals surface area contributed by atoms with E-state index in [1.165, 1.54) is 19.2 Å². The van der Waals surface area contributed by atoms with Gasteiger partial charge in [0.25, 0.3) is 10.0 Å². The van der Waals surface area contributed by atoms with Crippen LogP contribution >= 0.6 is 11.6 Å². The second-order valence-corrected chi connectivity index (χ2v) is 9.58. The molecule has 0 unspecified atom stereocenters. The number of aromatic nitrogens is 1. The smallest absolute Gasteiger partial charge is 0.339 e. The number of nitrogens with zero attached hydrogens (tertiary/aromatic N) is 2. The first-order chi connectivity index (χ1) is 16.3. The lowest BCUT2D eigenvalue weighted by Gasteiger charge is -2.25. The van der Waals surface area contributed by atoms with Crippen LogP contribution in [0.2, 0.25) is 5.02 Å². The van der Waals surface area contributed by atoms with Gasteiger partial charge in [-0.15, -0.1) is 0 Å². The molecule has 0 amide bonds. The first-order valence-electron chi connectivity index (χ1n) is 10.3. The number of carbonyl (C=O) groups excluding carboxylic acids is 1. The largest absolute Gasteiger partial charge is 0.465 e.